The topological polar surface area (TPSA) is 26.0 Å². The van der Waals surface area contributed by atoms with Crippen molar-refractivity contribution < 1.29 is 4.39 Å². The van der Waals surface area contributed by atoms with Gasteiger partial charge in [-0.05, 0) is 54.4 Å². The highest BCUT2D eigenvalue weighted by Crippen LogP contribution is 2.23. The summed E-state index contributed by atoms with van der Waals surface area (Å²) in [5.41, 5.74) is 7.04. The molecule has 0 aliphatic carbocycles. The molecule has 2 aromatic carbocycles. The van der Waals surface area contributed by atoms with Crippen molar-refractivity contribution in [1.29, 1.82) is 0 Å². The summed E-state index contributed by atoms with van der Waals surface area (Å²) in [6, 6.07) is 12.8. The lowest BCUT2D eigenvalue weighted by Crippen LogP contribution is -2.25. The molecule has 20 heavy (non-hydrogen) atoms. The van der Waals surface area contributed by atoms with Gasteiger partial charge in [0.25, 0.3) is 0 Å². The van der Waals surface area contributed by atoms with Crippen LogP contribution >= 0.6 is 43.6 Å². The van der Waals surface area contributed by atoms with E-state index in [1.54, 1.807) is 17.8 Å². The van der Waals surface area contributed by atoms with Crippen LogP contribution in [0.5, 0.6) is 0 Å². The highest BCUT2D eigenvalue weighted by atomic mass is 79.9. The summed E-state index contributed by atoms with van der Waals surface area (Å²) in [5.74, 6) is 0.570. The van der Waals surface area contributed by atoms with Gasteiger partial charge in [-0.1, -0.05) is 31.9 Å². The van der Waals surface area contributed by atoms with E-state index in [0.29, 0.717) is 6.42 Å². The highest BCUT2D eigenvalue weighted by molar-refractivity contribution is 9.10. The van der Waals surface area contributed by atoms with Crippen LogP contribution in [-0.4, -0.2) is 11.8 Å². The number of nitrogens with two attached hydrogens (primary N) is 1. The first kappa shape index (κ1) is 16.0. The molecule has 0 aromatic heterocycles. The predicted octanol–water partition coefficient (Wildman–Crippen LogP) is 5.01. The van der Waals surface area contributed by atoms with Crippen molar-refractivity contribution in [2.45, 2.75) is 17.4 Å². The molecule has 0 radical (unpaired) electrons. The largest absolute Gasteiger partial charge is 0.327 e. The Kier molecular flexibility index (Phi) is 6.08. The van der Waals surface area contributed by atoms with Gasteiger partial charge >= 0.3 is 0 Å². The third-order valence-electron chi connectivity index (χ3n) is 2.77. The van der Waals surface area contributed by atoms with Crippen LogP contribution in [0.1, 0.15) is 5.56 Å². The summed E-state index contributed by atoms with van der Waals surface area (Å²) in [4.78, 5) is 1.18. The van der Waals surface area contributed by atoms with Crippen LogP contribution in [0.4, 0.5) is 4.39 Å². The predicted molar refractivity (Wildman–Crippen MR) is 90.6 cm³/mol. The van der Waals surface area contributed by atoms with Gasteiger partial charge < -0.3 is 5.73 Å². The van der Waals surface area contributed by atoms with Crippen LogP contribution in [0.2, 0.25) is 0 Å². The fraction of sp³-hybridized carbons (Fsp3) is 0.200. The van der Waals surface area contributed by atoms with Crippen molar-refractivity contribution in [2.24, 2.45) is 5.73 Å². The van der Waals surface area contributed by atoms with Crippen LogP contribution in [-0.2, 0) is 6.42 Å². The van der Waals surface area contributed by atoms with E-state index in [0.717, 1.165) is 20.3 Å². The lowest BCUT2D eigenvalue weighted by atomic mass is 10.1. The Morgan fingerprint density at radius 2 is 1.80 bits per heavy atom. The number of benzene rings is 2. The van der Waals surface area contributed by atoms with E-state index in [9.17, 15) is 4.39 Å². The van der Waals surface area contributed by atoms with E-state index in [-0.39, 0.29) is 11.9 Å². The van der Waals surface area contributed by atoms with Gasteiger partial charge in [0.1, 0.15) is 5.82 Å². The minimum atomic E-state index is -0.226. The molecule has 0 saturated carbocycles. The normalized spacial score (nSPS) is 12.4. The summed E-state index contributed by atoms with van der Waals surface area (Å²) in [7, 11) is 0. The fourth-order valence-corrected chi connectivity index (χ4v) is 3.30. The van der Waals surface area contributed by atoms with Crippen molar-refractivity contribution >= 4 is 43.6 Å². The maximum atomic E-state index is 13.2. The first-order valence-electron chi connectivity index (χ1n) is 6.12. The third kappa shape index (κ3) is 4.88. The molecule has 1 nitrogen and oxygen atoms in total. The zero-order chi connectivity index (χ0) is 14.5. The Morgan fingerprint density at radius 1 is 1.10 bits per heavy atom. The molecule has 1 unspecified atom stereocenters. The van der Waals surface area contributed by atoms with Crippen molar-refractivity contribution in [1.82, 2.24) is 0 Å². The number of hydrogen-bond donors (Lipinski definition) is 1. The van der Waals surface area contributed by atoms with Gasteiger partial charge in [0.2, 0.25) is 0 Å². The molecule has 2 rings (SSSR count). The van der Waals surface area contributed by atoms with Gasteiger partial charge in [-0.15, -0.1) is 11.8 Å². The van der Waals surface area contributed by atoms with Crippen LogP contribution < -0.4 is 5.73 Å². The molecule has 0 amide bonds. The van der Waals surface area contributed by atoms with Crippen molar-refractivity contribution in [2.75, 3.05) is 5.75 Å². The summed E-state index contributed by atoms with van der Waals surface area (Å²) in [5, 5.41) is 0. The standard InChI is InChI=1S/C15H14Br2FNS/c16-11-1-4-14(5-2-11)20-9-13(19)8-10-7-12(18)3-6-15(10)17/h1-7,13H,8-9,19H2. The molecule has 0 bridgehead atoms. The third-order valence-corrected chi connectivity index (χ3v) is 5.27. The minimum absolute atomic E-state index is 0.0123. The van der Waals surface area contributed by atoms with E-state index in [1.165, 1.54) is 17.0 Å². The van der Waals surface area contributed by atoms with Gasteiger partial charge in [-0.25, -0.2) is 4.39 Å². The Bertz CT molecular complexity index is 575. The molecule has 2 N–H and O–H groups in total. The second kappa shape index (κ2) is 7.59. The maximum Gasteiger partial charge on any atom is 0.123 e. The number of halogens is 3. The Labute approximate surface area is 139 Å². The van der Waals surface area contributed by atoms with E-state index in [4.69, 9.17) is 5.73 Å². The molecule has 0 fully saturated rings. The molecular weight excluding hydrogens is 405 g/mol. The summed E-state index contributed by atoms with van der Waals surface area (Å²) in [6.45, 7) is 0. The van der Waals surface area contributed by atoms with Gasteiger partial charge in [-0.3, -0.25) is 0 Å². The maximum absolute atomic E-state index is 13.2. The summed E-state index contributed by atoms with van der Waals surface area (Å²) < 4.78 is 15.2. The number of rotatable bonds is 5. The minimum Gasteiger partial charge on any atom is -0.327 e. The molecule has 0 aliphatic rings. The SMILES string of the molecule is NC(CSc1ccc(Br)cc1)Cc1cc(F)ccc1Br. The highest BCUT2D eigenvalue weighted by Gasteiger charge is 2.09. The van der Waals surface area contributed by atoms with E-state index in [1.807, 2.05) is 12.1 Å². The quantitative estimate of drug-likeness (QED) is 0.690. The number of thioether (sulfide) groups is 1. The summed E-state index contributed by atoms with van der Waals surface area (Å²) in [6.07, 6.45) is 0.655. The van der Waals surface area contributed by atoms with Gasteiger partial charge in [0.15, 0.2) is 0 Å². The second-order valence-corrected chi connectivity index (χ2v) is 7.33. The lowest BCUT2D eigenvalue weighted by Gasteiger charge is -2.13. The van der Waals surface area contributed by atoms with Crippen molar-refractivity contribution in [3.63, 3.8) is 0 Å². The molecule has 5 heteroatoms. The Morgan fingerprint density at radius 3 is 2.50 bits per heavy atom. The average molecular weight is 419 g/mol. The van der Waals surface area contributed by atoms with Gasteiger partial charge in [0.05, 0.1) is 0 Å². The molecule has 0 aliphatic heterocycles. The average Bonchev–Trinajstić information content (AvgIpc) is 2.42. The van der Waals surface area contributed by atoms with E-state index >= 15 is 0 Å². The first-order chi connectivity index (χ1) is 9.54. The Balaban J connectivity index is 1.90. The summed E-state index contributed by atoms with van der Waals surface area (Å²) >= 11 is 8.55. The molecule has 0 spiro atoms. The fourth-order valence-electron chi connectivity index (χ4n) is 1.78. The number of hydrogen-bond acceptors (Lipinski definition) is 2. The van der Waals surface area contributed by atoms with Gasteiger partial charge in [-0.2, -0.15) is 0 Å². The zero-order valence-electron chi connectivity index (χ0n) is 10.7. The zero-order valence-corrected chi connectivity index (χ0v) is 14.6. The van der Waals surface area contributed by atoms with Gasteiger partial charge in [0, 0.05) is 25.6 Å². The smallest absolute Gasteiger partial charge is 0.123 e. The van der Waals surface area contributed by atoms with Crippen molar-refractivity contribution in [3.8, 4) is 0 Å². The van der Waals surface area contributed by atoms with Crippen LogP contribution in [0.15, 0.2) is 56.3 Å². The van der Waals surface area contributed by atoms with Crippen molar-refractivity contribution in [3.05, 3.63) is 62.8 Å². The first-order valence-corrected chi connectivity index (χ1v) is 8.69. The second-order valence-electron chi connectivity index (χ2n) is 4.46. The Hall–Kier alpha value is -0.360. The van der Waals surface area contributed by atoms with E-state index in [2.05, 4.69) is 44.0 Å². The lowest BCUT2D eigenvalue weighted by molar-refractivity contribution is 0.622. The van der Waals surface area contributed by atoms with Crippen LogP contribution in [0.25, 0.3) is 0 Å². The van der Waals surface area contributed by atoms with Crippen LogP contribution in [0, 0.1) is 5.82 Å². The van der Waals surface area contributed by atoms with Crippen LogP contribution in [0.3, 0.4) is 0 Å². The molecule has 0 heterocycles. The van der Waals surface area contributed by atoms with E-state index < -0.39 is 0 Å². The molecule has 0 saturated heterocycles. The molecule has 1 atom stereocenters. The molecule has 106 valence electrons. The molecule has 2 aromatic rings. The monoisotopic (exact) mass is 417 g/mol. The molecular formula is C15H14Br2FNS.